The van der Waals surface area contributed by atoms with Crippen LogP contribution < -0.4 is 0 Å². The van der Waals surface area contributed by atoms with Gasteiger partial charge in [-0.2, -0.15) is 0 Å². The molecular formula is C8H13BrO. The Morgan fingerprint density at radius 3 is 2.90 bits per heavy atom. The van der Waals surface area contributed by atoms with Gasteiger partial charge < -0.3 is 4.74 Å². The number of rotatable bonds is 2. The zero-order valence-corrected chi connectivity index (χ0v) is 7.64. The molecule has 1 nitrogen and oxygen atoms in total. The van der Waals surface area contributed by atoms with Gasteiger partial charge in [-0.05, 0) is 19.3 Å². The summed E-state index contributed by atoms with van der Waals surface area (Å²) in [6.07, 6.45) is 5.77. The Morgan fingerprint density at radius 2 is 2.40 bits per heavy atom. The minimum absolute atomic E-state index is 0.436. The van der Waals surface area contributed by atoms with Crippen molar-refractivity contribution in [1.82, 2.24) is 0 Å². The van der Waals surface area contributed by atoms with Crippen LogP contribution in [0.15, 0.2) is 12.7 Å². The molecule has 1 aliphatic rings. The summed E-state index contributed by atoms with van der Waals surface area (Å²) in [5.74, 6) is 0. The lowest BCUT2D eigenvalue weighted by molar-refractivity contribution is 0.0233. The number of hydrogen-bond donors (Lipinski definition) is 0. The Labute approximate surface area is 70.6 Å². The third-order valence-corrected chi connectivity index (χ3v) is 2.47. The molecule has 2 heteroatoms. The summed E-state index contributed by atoms with van der Waals surface area (Å²) >= 11 is 3.52. The standard InChI is InChI=1S/C8H13BrO/c1-2-3-8-5-4-7(9)6-10-8/h2,7-8H,1,3-6H2/t7-,8+/m0/s1. The van der Waals surface area contributed by atoms with E-state index in [-0.39, 0.29) is 0 Å². The van der Waals surface area contributed by atoms with Crippen LogP contribution in [0.25, 0.3) is 0 Å². The Morgan fingerprint density at radius 1 is 1.60 bits per heavy atom. The molecule has 1 heterocycles. The molecule has 0 aromatic heterocycles. The maximum absolute atomic E-state index is 5.51. The van der Waals surface area contributed by atoms with Gasteiger partial charge in [-0.3, -0.25) is 0 Å². The summed E-state index contributed by atoms with van der Waals surface area (Å²) in [7, 11) is 0. The van der Waals surface area contributed by atoms with Crippen LogP contribution in [0.4, 0.5) is 0 Å². The van der Waals surface area contributed by atoms with Crippen molar-refractivity contribution in [3.8, 4) is 0 Å². The number of halogens is 1. The largest absolute Gasteiger partial charge is 0.377 e. The van der Waals surface area contributed by atoms with Crippen LogP contribution in [0.3, 0.4) is 0 Å². The molecule has 0 spiro atoms. The molecule has 2 atom stereocenters. The average Bonchev–Trinajstić information content (AvgIpc) is 1.95. The molecule has 58 valence electrons. The molecule has 0 aliphatic carbocycles. The van der Waals surface area contributed by atoms with Gasteiger partial charge in [0, 0.05) is 4.83 Å². The van der Waals surface area contributed by atoms with E-state index in [0.717, 1.165) is 13.0 Å². The lowest BCUT2D eigenvalue weighted by atomic mass is 10.1. The van der Waals surface area contributed by atoms with Crippen LogP contribution in [-0.4, -0.2) is 17.5 Å². The smallest absolute Gasteiger partial charge is 0.0610 e. The lowest BCUT2D eigenvalue weighted by Crippen LogP contribution is -2.25. The number of hydrogen-bond acceptors (Lipinski definition) is 1. The van der Waals surface area contributed by atoms with Crippen LogP contribution in [-0.2, 0) is 4.74 Å². The van der Waals surface area contributed by atoms with Crippen LogP contribution >= 0.6 is 15.9 Å². The maximum Gasteiger partial charge on any atom is 0.0610 e. The molecule has 1 rings (SSSR count). The van der Waals surface area contributed by atoms with E-state index in [9.17, 15) is 0 Å². The first-order valence-electron chi connectivity index (χ1n) is 3.69. The highest BCUT2D eigenvalue weighted by molar-refractivity contribution is 9.09. The summed E-state index contributed by atoms with van der Waals surface area (Å²) in [5, 5.41) is 0. The molecule has 0 bridgehead atoms. The van der Waals surface area contributed by atoms with Gasteiger partial charge >= 0.3 is 0 Å². The maximum atomic E-state index is 5.51. The first-order chi connectivity index (χ1) is 4.83. The molecule has 0 amide bonds. The third-order valence-electron chi connectivity index (χ3n) is 1.74. The minimum atomic E-state index is 0.436. The SMILES string of the molecule is C=CC[C@@H]1CC[C@H](Br)CO1. The van der Waals surface area contributed by atoms with Crippen molar-refractivity contribution in [2.75, 3.05) is 6.61 Å². The fraction of sp³-hybridized carbons (Fsp3) is 0.750. The molecule has 1 aliphatic heterocycles. The monoisotopic (exact) mass is 204 g/mol. The normalized spacial score (nSPS) is 33.7. The van der Waals surface area contributed by atoms with E-state index >= 15 is 0 Å². The average molecular weight is 205 g/mol. The van der Waals surface area contributed by atoms with Gasteiger partial charge in [0.25, 0.3) is 0 Å². The van der Waals surface area contributed by atoms with Gasteiger partial charge in [-0.25, -0.2) is 0 Å². The number of ether oxygens (including phenoxy) is 1. The fourth-order valence-electron chi connectivity index (χ4n) is 1.15. The van der Waals surface area contributed by atoms with Crippen molar-refractivity contribution in [1.29, 1.82) is 0 Å². The van der Waals surface area contributed by atoms with Gasteiger partial charge in [-0.15, -0.1) is 6.58 Å². The topological polar surface area (TPSA) is 9.23 Å². The van der Waals surface area contributed by atoms with E-state index in [1.54, 1.807) is 0 Å². The van der Waals surface area contributed by atoms with Crippen LogP contribution in [0.1, 0.15) is 19.3 Å². The second kappa shape index (κ2) is 4.14. The predicted octanol–water partition coefficient (Wildman–Crippen LogP) is 2.51. The second-order valence-corrected chi connectivity index (χ2v) is 3.95. The summed E-state index contributed by atoms with van der Waals surface area (Å²) in [6, 6.07) is 0. The van der Waals surface area contributed by atoms with E-state index < -0.39 is 0 Å². The van der Waals surface area contributed by atoms with Crippen molar-refractivity contribution in [2.45, 2.75) is 30.2 Å². The van der Waals surface area contributed by atoms with E-state index in [4.69, 9.17) is 4.74 Å². The molecule has 0 radical (unpaired) electrons. The van der Waals surface area contributed by atoms with Crippen LogP contribution in [0.5, 0.6) is 0 Å². The predicted molar refractivity (Wildman–Crippen MR) is 46.5 cm³/mol. The van der Waals surface area contributed by atoms with E-state index in [1.165, 1.54) is 12.8 Å². The van der Waals surface area contributed by atoms with Crippen molar-refractivity contribution in [3.05, 3.63) is 12.7 Å². The molecular weight excluding hydrogens is 192 g/mol. The molecule has 1 fully saturated rings. The summed E-state index contributed by atoms with van der Waals surface area (Å²) in [5.41, 5.74) is 0. The van der Waals surface area contributed by atoms with Crippen LogP contribution in [0, 0.1) is 0 Å². The molecule has 0 aromatic carbocycles. The minimum Gasteiger partial charge on any atom is -0.377 e. The van der Waals surface area contributed by atoms with E-state index in [1.807, 2.05) is 6.08 Å². The van der Waals surface area contributed by atoms with Crippen LogP contribution in [0.2, 0.25) is 0 Å². The second-order valence-electron chi connectivity index (χ2n) is 2.65. The van der Waals surface area contributed by atoms with Gasteiger partial charge in [0.1, 0.15) is 0 Å². The highest BCUT2D eigenvalue weighted by atomic mass is 79.9. The molecule has 10 heavy (non-hydrogen) atoms. The summed E-state index contributed by atoms with van der Waals surface area (Å²) in [4.78, 5) is 0.577. The zero-order valence-electron chi connectivity index (χ0n) is 6.05. The van der Waals surface area contributed by atoms with Crippen molar-refractivity contribution >= 4 is 15.9 Å². The highest BCUT2D eigenvalue weighted by Gasteiger charge is 2.17. The van der Waals surface area contributed by atoms with E-state index in [2.05, 4.69) is 22.5 Å². The van der Waals surface area contributed by atoms with Gasteiger partial charge in [0.15, 0.2) is 0 Å². The first kappa shape index (κ1) is 8.28. The Hall–Kier alpha value is 0.180. The van der Waals surface area contributed by atoms with Crippen molar-refractivity contribution in [3.63, 3.8) is 0 Å². The molecule has 0 saturated carbocycles. The van der Waals surface area contributed by atoms with E-state index in [0.29, 0.717) is 10.9 Å². The third kappa shape index (κ3) is 2.43. The van der Waals surface area contributed by atoms with Gasteiger partial charge in [0.05, 0.1) is 12.7 Å². The van der Waals surface area contributed by atoms with Gasteiger partial charge in [-0.1, -0.05) is 22.0 Å². The quantitative estimate of drug-likeness (QED) is 0.497. The summed E-state index contributed by atoms with van der Waals surface area (Å²) < 4.78 is 5.51. The fourth-order valence-corrected chi connectivity index (χ4v) is 1.56. The zero-order chi connectivity index (χ0) is 7.40. The molecule has 0 aromatic rings. The summed E-state index contributed by atoms with van der Waals surface area (Å²) in [6.45, 7) is 4.54. The van der Waals surface area contributed by atoms with Crippen molar-refractivity contribution < 1.29 is 4.74 Å². The Balaban J connectivity index is 2.19. The number of alkyl halides is 1. The molecule has 0 N–H and O–H groups in total. The van der Waals surface area contributed by atoms with Crippen molar-refractivity contribution in [2.24, 2.45) is 0 Å². The Kier molecular flexibility index (Phi) is 3.43. The molecule has 0 unspecified atom stereocenters. The van der Waals surface area contributed by atoms with Gasteiger partial charge in [0.2, 0.25) is 0 Å². The highest BCUT2D eigenvalue weighted by Crippen LogP contribution is 2.20. The lowest BCUT2D eigenvalue weighted by Gasteiger charge is -2.24. The first-order valence-corrected chi connectivity index (χ1v) is 4.61. The Bertz CT molecular complexity index is 106. The molecule has 1 saturated heterocycles.